The molecule has 0 spiro atoms. The number of hydrogen-bond acceptors (Lipinski definition) is 4. The van der Waals surface area contributed by atoms with Gasteiger partial charge in [0.25, 0.3) is 0 Å². The third kappa shape index (κ3) is 4.23. The highest BCUT2D eigenvalue weighted by Gasteiger charge is 2.23. The number of likely N-dealkylation sites (tertiary alicyclic amines) is 1. The molecule has 1 saturated heterocycles. The molecule has 18 heavy (non-hydrogen) atoms. The Labute approximate surface area is 112 Å². The zero-order chi connectivity index (χ0) is 13.2. The SMILES string of the molecule is CC(C)(C)NCC1CCN(Cc2csc(=O)[nH]2)C1. The minimum atomic E-state index is 0.0511. The lowest BCUT2D eigenvalue weighted by molar-refractivity contribution is 0.302. The van der Waals surface area contributed by atoms with Crippen molar-refractivity contribution in [2.75, 3.05) is 19.6 Å². The second-order valence-electron chi connectivity index (χ2n) is 6.19. The van der Waals surface area contributed by atoms with Gasteiger partial charge in [-0.2, -0.15) is 0 Å². The van der Waals surface area contributed by atoms with Gasteiger partial charge in [0.2, 0.25) is 0 Å². The van der Waals surface area contributed by atoms with E-state index in [9.17, 15) is 4.79 Å². The van der Waals surface area contributed by atoms with E-state index < -0.39 is 0 Å². The molecule has 0 aliphatic carbocycles. The number of rotatable bonds is 4. The maximum Gasteiger partial charge on any atom is 0.304 e. The van der Waals surface area contributed by atoms with Gasteiger partial charge in [-0.3, -0.25) is 9.69 Å². The van der Waals surface area contributed by atoms with Gasteiger partial charge in [-0.05, 0) is 46.2 Å². The van der Waals surface area contributed by atoms with E-state index in [4.69, 9.17) is 0 Å². The highest BCUT2D eigenvalue weighted by Crippen LogP contribution is 2.18. The molecule has 0 radical (unpaired) electrons. The molecule has 4 nitrogen and oxygen atoms in total. The first-order chi connectivity index (χ1) is 8.42. The first kappa shape index (κ1) is 13.8. The van der Waals surface area contributed by atoms with Gasteiger partial charge in [0.15, 0.2) is 0 Å². The Kier molecular flexibility index (Phi) is 4.25. The van der Waals surface area contributed by atoms with Crippen molar-refractivity contribution in [2.24, 2.45) is 5.92 Å². The summed E-state index contributed by atoms with van der Waals surface area (Å²) in [6, 6.07) is 0. The van der Waals surface area contributed by atoms with Crippen molar-refractivity contribution in [3.8, 4) is 0 Å². The van der Waals surface area contributed by atoms with Gasteiger partial charge in [-0.1, -0.05) is 11.3 Å². The molecule has 0 aromatic carbocycles. The number of nitrogens with one attached hydrogen (secondary N) is 2. The van der Waals surface area contributed by atoms with E-state index in [1.54, 1.807) is 0 Å². The van der Waals surface area contributed by atoms with Crippen molar-refractivity contribution in [3.05, 3.63) is 20.7 Å². The third-order valence-electron chi connectivity index (χ3n) is 3.26. The van der Waals surface area contributed by atoms with Crippen LogP contribution in [0, 0.1) is 5.92 Å². The molecule has 1 aliphatic heterocycles. The zero-order valence-corrected chi connectivity index (χ0v) is 12.3. The number of H-pyrrole nitrogens is 1. The monoisotopic (exact) mass is 269 g/mol. The molecule has 102 valence electrons. The highest BCUT2D eigenvalue weighted by atomic mass is 32.1. The average Bonchev–Trinajstić information content (AvgIpc) is 2.85. The van der Waals surface area contributed by atoms with Gasteiger partial charge < -0.3 is 10.3 Å². The Morgan fingerprint density at radius 3 is 2.94 bits per heavy atom. The van der Waals surface area contributed by atoms with Gasteiger partial charge in [-0.15, -0.1) is 0 Å². The summed E-state index contributed by atoms with van der Waals surface area (Å²) in [7, 11) is 0. The molecule has 1 aliphatic rings. The maximum absolute atomic E-state index is 11.1. The van der Waals surface area contributed by atoms with E-state index in [1.807, 2.05) is 5.38 Å². The van der Waals surface area contributed by atoms with Crippen LogP contribution < -0.4 is 10.2 Å². The van der Waals surface area contributed by atoms with E-state index in [1.165, 1.54) is 17.8 Å². The van der Waals surface area contributed by atoms with Crippen LogP contribution in [0.1, 0.15) is 32.9 Å². The fourth-order valence-electron chi connectivity index (χ4n) is 2.31. The van der Waals surface area contributed by atoms with Gasteiger partial charge in [0.05, 0.1) is 0 Å². The predicted octanol–water partition coefficient (Wildman–Crippen LogP) is 1.65. The Morgan fingerprint density at radius 2 is 2.33 bits per heavy atom. The normalized spacial score (nSPS) is 21.6. The topological polar surface area (TPSA) is 48.1 Å². The first-order valence-electron chi connectivity index (χ1n) is 6.56. The summed E-state index contributed by atoms with van der Waals surface area (Å²) >= 11 is 1.25. The molecule has 1 aromatic rings. The van der Waals surface area contributed by atoms with Gasteiger partial charge in [0.1, 0.15) is 0 Å². The molecule has 1 fully saturated rings. The number of aromatic nitrogens is 1. The van der Waals surface area contributed by atoms with Crippen LogP contribution in [-0.2, 0) is 6.54 Å². The summed E-state index contributed by atoms with van der Waals surface area (Å²) in [6.45, 7) is 10.8. The zero-order valence-electron chi connectivity index (χ0n) is 11.5. The molecule has 2 heterocycles. The van der Waals surface area contributed by atoms with Crippen LogP contribution in [0.15, 0.2) is 10.2 Å². The van der Waals surface area contributed by atoms with Crippen molar-refractivity contribution in [1.29, 1.82) is 0 Å². The van der Waals surface area contributed by atoms with Crippen molar-refractivity contribution in [3.63, 3.8) is 0 Å². The molecular formula is C13H23N3OS. The number of hydrogen-bond donors (Lipinski definition) is 2. The van der Waals surface area contributed by atoms with Crippen LogP contribution in [-0.4, -0.2) is 35.1 Å². The van der Waals surface area contributed by atoms with E-state index in [-0.39, 0.29) is 10.4 Å². The van der Waals surface area contributed by atoms with Crippen LogP contribution in [0.4, 0.5) is 0 Å². The second kappa shape index (κ2) is 5.55. The van der Waals surface area contributed by atoms with Crippen molar-refractivity contribution < 1.29 is 0 Å². The Balaban J connectivity index is 1.76. The van der Waals surface area contributed by atoms with E-state index in [2.05, 4.69) is 36.0 Å². The lowest BCUT2D eigenvalue weighted by Gasteiger charge is -2.23. The number of thiazole rings is 1. The molecule has 2 rings (SSSR count). The summed E-state index contributed by atoms with van der Waals surface area (Å²) in [5.74, 6) is 0.731. The molecular weight excluding hydrogens is 246 g/mol. The molecule has 0 saturated carbocycles. The quantitative estimate of drug-likeness (QED) is 0.874. The summed E-state index contributed by atoms with van der Waals surface area (Å²) in [5, 5.41) is 5.50. The lowest BCUT2D eigenvalue weighted by atomic mass is 10.1. The third-order valence-corrected chi connectivity index (χ3v) is 3.97. The highest BCUT2D eigenvalue weighted by molar-refractivity contribution is 7.07. The van der Waals surface area contributed by atoms with E-state index >= 15 is 0 Å². The Morgan fingerprint density at radius 1 is 1.56 bits per heavy atom. The summed E-state index contributed by atoms with van der Waals surface area (Å²) in [4.78, 5) is 16.4. The van der Waals surface area contributed by atoms with Crippen LogP contribution in [0.25, 0.3) is 0 Å². The van der Waals surface area contributed by atoms with Crippen LogP contribution in [0.5, 0.6) is 0 Å². The van der Waals surface area contributed by atoms with Crippen molar-refractivity contribution in [2.45, 2.75) is 39.3 Å². The number of aromatic amines is 1. The fourth-order valence-corrected chi connectivity index (χ4v) is 2.88. The molecule has 0 bridgehead atoms. The van der Waals surface area contributed by atoms with Crippen LogP contribution in [0.3, 0.4) is 0 Å². The fraction of sp³-hybridized carbons (Fsp3) is 0.769. The largest absolute Gasteiger partial charge is 0.315 e. The minimum Gasteiger partial charge on any atom is -0.315 e. The second-order valence-corrected chi connectivity index (χ2v) is 7.04. The van der Waals surface area contributed by atoms with Gasteiger partial charge in [0, 0.05) is 29.7 Å². The molecule has 5 heteroatoms. The van der Waals surface area contributed by atoms with Crippen LogP contribution in [0.2, 0.25) is 0 Å². The summed E-state index contributed by atoms with van der Waals surface area (Å²) in [5.41, 5.74) is 1.25. The molecule has 0 amide bonds. The van der Waals surface area contributed by atoms with Gasteiger partial charge in [-0.25, -0.2) is 0 Å². The summed E-state index contributed by atoms with van der Waals surface area (Å²) in [6.07, 6.45) is 1.25. The molecule has 1 aromatic heterocycles. The molecule has 2 N–H and O–H groups in total. The Hall–Kier alpha value is -0.650. The first-order valence-corrected chi connectivity index (χ1v) is 7.44. The summed E-state index contributed by atoms with van der Waals surface area (Å²) < 4.78 is 0. The van der Waals surface area contributed by atoms with Crippen LogP contribution >= 0.6 is 11.3 Å². The smallest absolute Gasteiger partial charge is 0.304 e. The van der Waals surface area contributed by atoms with E-state index in [0.717, 1.165) is 37.8 Å². The Bertz CT molecular complexity index is 432. The lowest BCUT2D eigenvalue weighted by Crippen LogP contribution is -2.39. The van der Waals surface area contributed by atoms with Crippen molar-refractivity contribution >= 4 is 11.3 Å². The maximum atomic E-state index is 11.1. The minimum absolute atomic E-state index is 0.0511. The average molecular weight is 269 g/mol. The standard InChI is InChI=1S/C13H23N3OS/c1-13(2,3)14-6-10-4-5-16(7-10)8-11-9-18-12(17)15-11/h9-10,14H,4-8H2,1-3H3,(H,15,17). The molecule has 1 unspecified atom stereocenters. The number of nitrogens with zero attached hydrogens (tertiary/aromatic N) is 1. The predicted molar refractivity (Wildman–Crippen MR) is 76.1 cm³/mol. The van der Waals surface area contributed by atoms with Crippen molar-refractivity contribution in [1.82, 2.24) is 15.2 Å². The van der Waals surface area contributed by atoms with Gasteiger partial charge >= 0.3 is 4.87 Å². The van der Waals surface area contributed by atoms with E-state index in [0.29, 0.717) is 0 Å². The molecule has 1 atom stereocenters.